The summed E-state index contributed by atoms with van der Waals surface area (Å²) >= 11 is 0. The quantitative estimate of drug-likeness (QED) is 0.700. The van der Waals surface area contributed by atoms with Gasteiger partial charge in [-0.1, -0.05) is 54.6 Å². The number of benzene rings is 2. The summed E-state index contributed by atoms with van der Waals surface area (Å²) in [5.74, 6) is 0. The molecule has 106 valence electrons. The monoisotopic (exact) mass is 277 g/mol. The van der Waals surface area contributed by atoms with Crippen LogP contribution in [-0.2, 0) is 13.1 Å². The average Bonchev–Trinajstić information content (AvgIpc) is 3.06. The fourth-order valence-corrected chi connectivity index (χ4v) is 2.31. The van der Waals surface area contributed by atoms with Crippen molar-refractivity contribution in [1.82, 2.24) is 14.9 Å². The van der Waals surface area contributed by atoms with Crippen LogP contribution in [0.1, 0.15) is 5.56 Å². The number of aromatic nitrogens is 2. The minimum Gasteiger partial charge on any atom is -0.336 e. The highest BCUT2D eigenvalue weighted by Crippen LogP contribution is 2.19. The van der Waals surface area contributed by atoms with Crippen LogP contribution in [0.2, 0.25) is 0 Å². The molecular formula is C18H19N3. The topological polar surface area (TPSA) is 29.9 Å². The number of hydrogen-bond acceptors (Lipinski definition) is 2. The molecule has 3 nitrogen and oxygen atoms in total. The second-order valence-electron chi connectivity index (χ2n) is 5.04. The van der Waals surface area contributed by atoms with Gasteiger partial charge in [-0.3, -0.25) is 0 Å². The summed E-state index contributed by atoms with van der Waals surface area (Å²) in [6.45, 7) is 2.78. The number of nitrogens with one attached hydrogen (secondary N) is 1. The lowest BCUT2D eigenvalue weighted by atomic mass is 10.0. The van der Waals surface area contributed by atoms with Crippen molar-refractivity contribution in [2.75, 3.05) is 6.54 Å². The zero-order chi connectivity index (χ0) is 14.3. The molecule has 0 aliphatic rings. The van der Waals surface area contributed by atoms with Crippen molar-refractivity contribution < 1.29 is 0 Å². The Balaban J connectivity index is 1.50. The lowest BCUT2D eigenvalue weighted by Crippen LogP contribution is -2.18. The first-order chi connectivity index (χ1) is 10.4. The Morgan fingerprint density at radius 1 is 0.905 bits per heavy atom. The van der Waals surface area contributed by atoms with Gasteiger partial charge in [-0.05, 0) is 16.7 Å². The van der Waals surface area contributed by atoms with Crippen molar-refractivity contribution in [2.45, 2.75) is 13.1 Å². The SMILES string of the molecule is c1ccc(-c2ccc(CNCCn3ccnc3)cc2)cc1. The summed E-state index contributed by atoms with van der Waals surface area (Å²) in [7, 11) is 0. The van der Waals surface area contributed by atoms with Crippen molar-refractivity contribution in [1.29, 1.82) is 0 Å². The van der Waals surface area contributed by atoms with Gasteiger partial charge in [0.1, 0.15) is 0 Å². The maximum absolute atomic E-state index is 4.03. The Morgan fingerprint density at radius 2 is 1.67 bits per heavy atom. The molecule has 3 heteroatoms. The van der Waals surface area contributed by atoms with Gasteiger partial charge in [-0.15, -0.1) is 0 Å². The molecule has 0 radical (unpaired) electrons. The van der Waals surface area contributed by atoms with E-state index < -0.39 is 0 Å². The minimum absolute atomic E-state index is 0.893. The number of imidazole rings is 1. The summed E-state index contributed by atoms with van der Waals surface area (Å²) in [6, 6.07) is 19.2. The minimum atomic E-state index is 0.893. The van der Waals surface area contributed by atoms with Crippen LogP contribution in [0.3, 0.4) is 0 Å². The molecule has 0 spiro atoms. The van der Waals surface area contributed by atoms with Gasteiger partial charge in [-0.25, -0.2) is 4.98 Å². The molecule has 0 saturated carbocycles. The predicted octanol–water partition coefficient (Wildman–Crippen LogP) is 3.34. The van der Waals surface area contributed by atoms with Gasteiger partial charge in [0, 0.05) is 32.0 Å². The third-order valence-corrected chi connectivity index (χ3v) is 3.50. The molecule has 0 saturated heterocycles. The average molecular weight is 277 g/mol. The molecule has 1 heterocycles. The van der Waals surface area contributed by atoms with Gasteiger partial charge in [0.25, 0.3) is 0 Å². The standard InChI is InChI=1S/C18H19N3/c1-2-4-17(5-3-1)18-8-6-16(7-9-18)14-19-10-12-21-13-11-20-15-21/h1-9,11,13,15,19H,10,12,14H2. The maximum atomic E-state index is 4.03. The van der Waals surface area contributed by atoms with Crippen LogP contribution in [0.4, 0.5) is 0 Å². The Labute approximate surface area is 125 Å². The summed E-state index contributed by atoms with van der Waals surface area (Å²) in [6.07, 6.45) is 5.63. The van der Waals surface area contributed by atoms with Crippen LogP contribution in [0.25, 0.3) is 11.1 Å². The lowest BCUT2D eigenvalue weighted by Gasteiger charge is -2.07. The van der Waals surface area contributed by atoms with Crippen molar-refractivity contribution >= 4 is 0 Å². The first-order valence-corrected chi connectivity index (χ1v) is 7.23. The fourth-order valence-electron chi connectivity index (χ4n) is 2.31. The second kappa shape index (κ2) is 6.86. The molecule has 0 bridgehead atoms. The van der Waals surface area contributed by atoms with E-state index in [4.69, 9.17) is 0 Å². The van der Waals surface area contributed by atoms with Crippen LogP contribution >= 0.6 is 0 Å². The summed E-state index contributed by atoms with van der Waals surface area (Å²) < 4.78 is 2.07. The Morgan fingerprint density at radius 3 is 2.38 bits per heavy atom. The van der Waals surface area contributed by atoms with E-state index in [-0.39, 0.29) is 0 Å². The number of nitrogens with zero attached hydrogens (tertiary/aromatic N) is 2. The normalized spacial score (nSPS) is 10.7. The number of hydrogen-bond donors (Lipinski definition) is 1. The van der Waals surface area contributed by atoms with E-state index in [0.29, 0.717) is 0 Å². The Kier molecular flexibility index (Phi) is 4.44. The maximum Gasteiger partial charge on any atom is 0.0946 e. The van der Waals surface area contributed by atoms with E-state index >= 15 is 0 Å². The molecule has 1 aromatic heterocycles. The first kappa shape index (κ1) is 13.6. The largest absolute Gasteiger partial charge is 0.336 e. The van der Waals surface area contributed by atoms with Crippen LogP contribution in [0.15, 0.2) is 73.3 Å². The number of rotatable bonds is 6. The van der Waals surface area contributed by atoms with E-state index in [1.165, 1.54) is 16.7 Å². The first-order valence-electron chi connectivity index (χ1n) is 7.23. The Hall–Kier alpha value is -2.39. The molecule has 0 fully saturated rings. The summed E-state index contributed by atoms with van der Waals surface area (Å²) in [5, 5.41) is 3.45. The fraction of sp³-hybridized carbons (Fsp3) is 0.167. The van der Waals surface area contributed by atoms with E-state index in [2.05, 4.69) is 63.4 Å². The van der Waals surface area contributed by atoms with Crippen molar-refractivity contribution in [3.63, 3.8) is 0 Å². The molecule has 3 aromatic rings. The lowest BCUT2D eigenvalue weighted by molar-refractivity contribution is 0.597. The zero-order valence-corrected chi connectivity index (χ0v) is 11.9. The highest BCUT2D eigenvalue weighted by molar-refractivity contribution is 5.63. The Bertz CT molecular complexity index is 643. The molecule has 3 rings (SSSR count). The van der Waals surface area contributed by atoms with Gasteiger partial charge in [-0.2, -0.15) is 0 Å². The predicted molar refractivity (Wildman–Crippen MR) is 85.8 cm³/mol. The van der Waals surface area contributed by atoms with E-state index in [0.717, 1.165) is 19.6 Å². The van der Waals surface area contributed by atoms with Crippen molar-refractivity contribution in [2.24, 2.45) is 0 Å². The molecule has 1 N–H and O–H groups in total. The van der Waals surface area contributed by atoms with Crippen LogP contribution in [0, 0.1) is 0 Å². The molecule has 0 aliphatic carbocycles. The third kappa shape index (κ3) is 3.80. The molecule has 0 aliphatic heterocycles. The van der Waals surface area contributed by atoms with Gasteiger partial charge >= 0.3 is 0 Å². The molecular weight excluding hydrogens is 258 g/mol. The second-order valence-corrected chi connectivity index (χ2v) is 5.04. The van der Waals surface area contributed by atoms with E-state index in [9.17, 15) is 0 Å². The van der Waals surface area contributed by atoms with Crippen molar-refractivity contribution in [3.8, 4) is 11.1 Å². The van der Waals surface area contributed by atoms with Gasteiger partial charge in [0.15, 0.2) is 0 Å². The van der Waals surface area contributed by atoms with Gasteiger partial charge < -0.3 is 9.88 Å². The van der Waals surface area contributed by atoms with Crippen LogP contribution < -0.4 is 5.32 Å². The van der Waals surface area contributed by atoms with Crippen LogP contribution in [-0.4, -0.2) is 16.1 Å². The highest BCUT2D eigenvalue weighted by atomic mass is 15.0. The smallest absolute Gasteiger partial charge is 0.0946 e. The molecule has 0 unspecified atom stereocenters. The molecule has 21 heavy (non-hydrogen) atoms. The highest BCUT2D eigenvalue weighted by Gasteiger charge is 1.97. The molecule has 0 atom stereocenters. The zero-order valence-electron chi connectivity index (χ0n) is 11.9. The van der Waals surface area contributed by atoms with E-state index in [1.807, 2.05) is 24.8 Å². The van der Waals surface area contributed by atoms with Gasteiger partial charge in [0.2, 0.25) is 0 Å². The van der Waals surface area contributed by atoms with Crippen molar-refractivity contribution in [3.05, 3.63) is 78.9 Å². The molecule has 2 aromatic carbocycles. The molecule has 0 amide bonds. The summed E-state index contributed by atoms with van der Waals surface area (Å²) in [4.78, 5) is 4.03. The summed E-state index contributed by atoms with van der Waals surface area (Å²) in [5.41, 5.74) is 3.83. The third-order valence-electron chi connectivity index (χ3n) is 3.50. The van der Waals surface area contributed by atoms with Crippen LogP contribution in [0.5, 0.6) is 0 Å². The van der Waals surface area contributed by atoms with E-state index in [1.54, 1.807) is 0 Å². The van der Waals surface area contributed by atoms with Gasteiger partial charge in [0.05, 0.1) is 6.33 Å².